The largest absolute Gasteiger partial charge is 0.508 e. The SMILES string of the molecule is O=Cc1c(O)c2c3c4c1O[C@H](c1ccc(O)cc1)[C@H]4c1cc(O)cc(O)c1[C@H](c1ccc(O)cc1)[C@@H]3[C@H](c1ccc(O)cc1)[C@@H]2c1cc(O)cc2c1[C@@H](c1cc(O)cc(O)c1)[C@H](c1ccc(O)cc1)O2. The van der Waals surface area contributed by atoms with Gasteiger partial charge in [-0.15, -0.1) is 0 Å². The Morgan fingerprint density at radius 3 is 1.40 bits per heavy atom. The molecule has 10 N–H and O–H groups in total. The lowest BCUT2D eigenvalue weighted by Gasteiger charge is -2.35. The number of benzene rings is 8. The molecule has 0 saturated heterocycles. The van der Waals surface area contributed by atoms with Gasteiger partial charge in [-0.2, -0.15) is 0 Å². The van der Waals surface area contributed by atoms with Crippen LogP contribution in [0.5, 0.6) is 69.0 Å². The number of hydrogen-bond acceptors (Lipinski definition) is 13. The van der Waals surface area contributed by atoms with Crippen LogP contribution in [0, 0.1) is 0 Å². The van der Waals surface area contributed by atoms with Gasteiger partial charge >= 0.3 is 0 Å². The van der Waals surface area contributed by atoms with Gasteiger partial charge in [0, 0.05) is 64.1 Å². The highest BCUT2D eigenvalue weighted by atomic mass is 16.5. The van der Waals surface area contributed by atoms with Gasteiger partial charge in [-0.1, -0.05) is 48.5 Å². The number of ether oxygens (including phenoxy) is 2. The Bertz CT molecular complexity index is 3420. The summed E-state index contributed by atoms with van der Waals surface area (Å²) in [5.74, 6) is -6.52. The quantitative estimate of drug-likeness (QED) is 0.0671. The van der Waals surface area contributed by atoms with Gasteiger partial charge in [0.25, 0.3) is 0 Å². The first-order valence-corrected chi connectivity index (χ1v) is 22.6. The number of hydrogen-bond donors (Lipinski definition) is 10. The molecule has 8 atom stereocenters. The number of carbonyl (C=O) groups is 1. The molecular weight excluding hydrogens is 893 g/mol. The Balaban J connectivity index is 1.23. The van der Waals surface area contributed by atoms with E-state index in [2.05, 4.69) is 0 Å². The topological polar surface area (TPSA) is 238 Å². The molecule has 8 aromatic rings. The van der Waals surface area contributed by atoms with Crippen LogP contribution in [0.4, 0.5) is 0 Å². The molecule has 8 aromatic carbocycles. The standard InChI is InChI=1S/C57H42O13/c58-24-40-54(68)52-48(39-21-37(66)23-42-47(39)45(29-17-34(63)19-35(64)18-29)55(69-42)27-5-13-32(61)14-6-27)44(26-3-11-31(60)12-4-26)50-43(25-1-9-30(59)10-2-25)46-38(20-36(65)22-41(46)67)49-53(51(50)52)57(40)70-56(49)28-7-15-33(62)16-8-28/h1-24,43-45,48-50,55-56,59-68H/t43-,44+,45+,48-,49-,50+,55-,56+/m0/s1. The van der Waals surface area contributed by atoms with Crippen molar-refractivity contribution < 1.29 is 65.3 Å². The molecule has 0 spiro atoms. The van der Waals surface area contributed by atoms with Gasteiger partial charge in [0.1, 0.15) is 81.2 Å². The van der Waals surface area contributed by atoms with E-state index in [9.17, 15) is 55.9 Å². The monoisotopic (exact) mass is 934 g/mol. The average Bonchev–Trinajstić information content (AvgIpc) is 3.99. The number of aldehydes is 1. The zero-order valence-electron chi connectivity index (χ0n) is 36.7. The lowest BCUT2D eigenvalue weighted by Crippen LogP contribution is -2.21. The van der Waals surface area contributed by atoms with Gasteiger partial charge in [-0.3, -0.25) is 4.79 Å². The summed E-state index contributed by atoms with van der Waals surface area (Å²) < 4.78 is 13.7. The van der Waals surface area contributed by atoms with E-state index in [0.717, 1.165) is 0 Å². The van der Waals surface area contributed by atoms with E-state index >= 15 is 0 Å². The van der Waals surface area contributed by atoms with Gasteiger partial charge in [0.05, 0.1) is 17.4 Å². The molecule has 2 aliphatic carbocycles. The van der Waals surface area contributed by atoms with Gasteiger partial charge in [0.2, 0.25) is 0 Å². The molecule has 0 amide bonds. The average molecular weight is 935 g/mol. The van der Waals surface area contributed by atoms with Crippen LogP contribution < -0.4 is 9.47 Å². The molecule has 70 heavy (non-hydrogen) atoms. The number of phenols is 10. The Morgan fingerprint density at radius 1 is 0.357 bits per heavy atom. The van der Waals surface area contributed by atoms with Crippen LogP contribution in [0.2, 0.25) is 0 Å². The van der Waals surface area contributed by atoms with E-state index in [4.69, 9.17) is 9.47 Å². The van der Waals surface area contributed by atoms with Crippen LogP contribution >= 0.6 is 0 Å². The van der Waals surface area contributed by atoms with E-state index in [0.29, 0.717) is 73.0 Å². The number of carbonyl (C=O) groups excluding carboxylic acids is 1. The minimum absolute atomic E-state index is 0.00542. The van der Waals surface area contributed by atoms with E-state index < -0.39 is 53.5 Å². The predicted molar refractivity (Wildman–Crippen MR) is 253 cm³/mol. The summed E-state index contributed by atoms with van der Waals surface area (Å²) in [6, 6.07) is 35.9. The highest BCUT2D eigenvalue weighted by Gasteiger charge is 2.58. The predicted octanol–water partition coefficient (Wildman–Crippen LogP) is 10.2. The first kappa shape index (κ1) is 42.4. The van der Waals surface area contributed by atoms with Crippen molar-refractivity contribution in [1.82, 2.24) is 0 Å². The van der Waals surface area contributed by atoms with Crippen molar-refractivity contribution in [2.75, 3.05) is 0 Å². The van der Waals surface area contributed by atoms with Gasteiger partial charge in [-0.25, -0.2) is 0 Å². The van der Waals surface area contributed by atoms with Crippen LogP contribution in [0.3, 0.4) is 0 Å². The molecule has 0 radical (unpaired) electrons. The molecule has 0 bridgehead atoms. The van der Waals surface area contributed by atoms with Gasteiger partial charge in [0.15, 0.2) is 6.29 Å². The fourth-order valence-electron chi connectivity index (χ4n) is 12.2. The summed E-state index contributed by atoms with van der Waals surface area (Å²) in [4.78, 5) is 13.7. The van der Waals surface area contributed by atoms with Crippen LogP contribution in [0.15, 0.2) is 140 Å². The highest BCUT2D eigenvalue weighted by Crippen LogP contribution is 2.72. The van der Waals surface area contributed by atoms with Gasteiger partial charge in [-0.05, 0) is 117 Å². The summed E-state index contributed by atoms with van der Waals surface area (Å²) in [5, 5.41) is 113. The van der Waals surface area contributed by atoms with Crippen LogP contribution in [-0.2, 0) is 0 Å². The zero-order chi connectivity index (χ0) is 48.4. The van der Waals surface area contributed by atoms with Crippen LogP contribution in [0.1, 0.15) is 125 Å². The first-order valence-electron chi connectivity index (χ1n) is 22.6. The smallest absolute Gasteiger partial charge is 0.157 e. The van der Waals surface area contributed by atoms with Crippen molar-refractivity contribution in [2.24, 2.45) is 0 Å². The molecule has 2 aliphatic heterocycles. The maximum Gasteiger partial charge on any atom is 0.157 e. The van der Waals surface area contributed by atoms with Crippen molar-refractivity contribution in [2.45, 2.75) is 47.7 Å². The molecular formula is C57H42O13. The number of fused-ring (bicyclic) bond motifs is 3. The summed E-state index contributed by atoms with van der Waals surface area (Å²) in [5.41, 5.74) is 5.84. The third-order valence-corrected chi connectivity index (χ3v) is 14.7. The second kappa shape index (κ2) is 15.5. The minimum atomic E-state index is -1.00. The lowest BCUT2D eigenvalue weighted by molar-refractivity contribution is 0.111. The molecule has 4 aliphatic rings. The van der Waals surface area contributed by atoms with Crippen molar-refractivity contribution >= 4 is 6.29 Å². The van der Waals surface area contributed by atoms with Crippen molar-refractivity contribution in [3.05, 3.63) is 212 Å². The number of aromatic hydroxyl groups is 10. The Kier molecular flexibility index (Phi) is 9.41. The molecule has 348 valence electrons. The van der Waals surface area contributed by atoms with Crippen molar-refractivity contribution in [3.8, 4) is 69.0 Å². The first-order chi connectivity index (χ1) is 33.8. The van der Waals surface area contributed by atoms with E-state index in [1.165, 1.54) is 78.9 Å². The summed E-state index contributed by atoms with van der Waals surface area (Å²) in [6.07, 6.45) is -1.29. The molecule has 2 heterocycles. The molecule has 0 unspecified atom stereocenters. The normalized spacial score (nSPS) is 22.3. The van der Waals surface area contributed by atoms with E-state index in [1.807, 2.05) is 0 Å². The second-order valence-corrected chi connectivity index (χ2v) is 18.6. The molecule has 12 rings (SSSR count). The molecule has 0 fully saturated rings. The van der Waals surface area contributed by atoms with Crippen LogP contribution in [0.25, 0.3) is 0 Å². The summed E-state index contributed by atoms with van der Waals surface area (Å²) >= 11 is 0. The Morgan fingerprint density at radius 2 is 0.843 bits per heavy atom. The van der Waals surface area contributed by atoms with Crippen molar-refractivity contribution in [3.63, 3.8) is 0 Å². The maximum absolute atomic E-state index is 13.7. The molecule has 13 heteroatoms. The fourth-order valence-corrected chi connectivity index (χ4v) is 12.2. The minimum Gasteiger partial charge on any atom is -0.508 e. The molecule has 0 saturated carbocycles. The van der Waals surface area contributed by atoms with E-state index in [-0.39, 0.29) is 68.8 Å². The number of rotatable bonds is 7. The lowest BCUT2D eigenvalue weighted by atomic mass is 9.68. The maximum atomic E-state index is 13.7. The third-order valence-electron chi connectivity index (χ3n) is 14.7. The zero-order valence-corrected chi connectivity index (χ0v) is 36.7. The summed E-state index contributed by atoms with van der Waals surface area (Å²) in [7, 11) is 0. The van der Waals surface area contributed by atoms with Crippen molar-refractivity contribution in [1.29, 1.82) is 0 Å². The second-order valence-electron chi connectivity index (χ2n) is 18.6. The highest BCUT2D eigenvalue weighted by molar-refractivity contribution is 5.90. The Labute approximate surface area is 398 Å². The van der Waals surface area contributed by atoms with Crippen LogP contribution in [-0.4, -0.2) is 57.4 Å². The Hall–Kier alpha value is -8.97. The third kappa shape index (κ3) is 6.34. The fraction of sp³-hybridized carbons (Fsp3) is 0.140. The van der Waals surface area contributed by atoms with E-state index in [1.54, 1.807) is 60.7 Å². The summed E-state index contributed by atoms with van der Waals surface area (Å²) in [6.45, 7) is 0. The number of phenolic OH excluding ortho intramolecular Hbond substituents is 10. The van der Waals surface area contributed by atoms with Gasteiger partial charge < -0.3 is 60.5 Å². The molecule has 0 aromatic heterocycles. The molecule has 13 nitrogen and oxygen atoms in total.